The van der Waals surface area contributed by atoms with Crippen molar-refractivity contribution in [3.05, 3.63) is 59.4 Å². The molecule has 2 aromatic carbocycles. The number of alkyl halides is 3. The molecule has 194 valence electrons. The molecule has 3 atom stereocenters. The van der Waals surface area contributed by atoms with Gasteiger partial charge in [0.2, 0.25) is 0 Å². The molecule has 1 saturated heterocycles. The highest BCUT2D eigenvalue weighted by atomic mass is 19.4. The number of nitrogens with one attached hydrogen (secondary N) is 1. The smallest absolute Gasteiger partial charge is 0.416 e. The van der Waals surface area contributed by atoms with Crippen molar-refractivity contribution in [3.63, 3.8) is 0 Å². The first-order chi connectivity index (χ1) is 16.8. The second kappa shape index (κ2) is 8.75. The van der Waals surface area contributed by atoms with Crippen LogP contribution in [0.4, 0.5) is 13.2 Å². The van der Waals surface area contributed by atoms with Crippen LogP contribution in [-0.4, -0.2) is 44.1 Å². The number of imidazole rings is 1. The zero-order chi connectivity index (χ0) is 25.9. The molecule has 3 N–H and O–H groups in total. The summed E-state index contributed by atoms with van der Waals surface area (Å²) in [6.07, 6.45) is -0.486. The molecule has 2 aliphatic rings. The number of aromatic nitrogens is 2. The Bertz CT molecular complexity index is 1250. The summed E-state index contributed by atoms with van der Waals surface area (Å²) in [7, 11) is 0. The van der Waals surface area contributed by atoms with Crippen molar-refractivity contribution in [1.82, 2.24) is 14.9 Å². The standard InChI is InChI=1S/C27H32F3N3O3/c1-16-8-22(9-23-24(16)33(15-31-23)21-12-25(3,34)13-21)36-14-20-11-26(35,10-17(2)32-20)18-4-6-19(7-5-18)27(28,29)30/h4-9,15,17,20-21,32,34-35H,10-14H2,1-3H3. The summed E-state index contributed by atoms with van der Waals surface area (Å²) >= 11 is 0. The number of nitrogens with zero attached hydrogens (tertiary/aromatic N) is 2. The van der Waals surface area contributed by atoms with E-state index in [9.17, 15) is 23.4 Å². The lowest BCUT2D eigenvalue weighted by Gasteiger charge is -2.42. The third-order valence-corrected chi connectivity index (χ3v) is 7.53. The SMILES string of the molecule is Cc1cc(OCC2CC(O)(c3ccc(C(F)(F)F)cc3)CC(C)N2)cc2ncn(C3CC(C)(O)C3)c12. The van der Waals surface area contributed by atoms with Gasteiger partial charge >= 0.3 is 6.18 Å². The molecule has 2 fully saturated rings. The highest BCUT2D eigenvalue weighted by molar-refractivity contribution is 5.81. The number of hydrogen-bond acceptors (Lipinski definition) is 5. The van der Waals surface area contributed by atoms with E-state index < -0.39 is 22.9 Å². The predicted octanol–water partition coefficient (Wildman–Crippen LogP) is 4.86. The quantitative estimate of drug-likeness (QED) is 0.464. The molecule has 1 aliphatic carbocycles. The maximum Gasteiger partial charge on any atom is 0.416 e. The minimum absolute atomic E-state index is 0.0424. The van der Waals surface area contributed by atoms with Crippen molar-refractivity contribution in [1.29, 1.82) is 0 Å². The predicted molar refractivity (Wildman–Crippen MR) is 130 cm³/mol. The van der Waals surface area contributed by atoms with E-state index in [0.717, 1.165) is 28.7 Å². The van der Waals surface area contributed by atoms with Crippen LogP contribution in [-0.2, 0) is 11.8 Å². The van der Waals surface area contributed by atoms with Gasteiger partial charge in [0.1, 0.15) is 12.4 Å². The average Bonchev–Trinajstić information content (AvgIpc) is 3.19. The molecule has 3 aromatic rings. The molecule has 3 unspecified atom stereocenters. The summed E-state index contributed by atoms with van der Waals surface area (Å²) in [5, 5.41) is 24.9. The molecular weight excluding hydrogens is 471 g/mol. The van der Waals surface area contributed by atoms with E-state index in [4.69, 9.17) is 4.74 Å². The van der Waals surface area contributed by atoms with Gasteiger partial charge in [0.25, 0.3) is 0 Å². The first kappa shape index (κ1) is 25.0. The fourth-order valence-corrected chi connectivity index (χ4v) is 5.88. The molecule has 0 amide bonds. The van der Waals surface area contributed by atoms with Crippen LogP contribution < -0.4 is 10.1 Å². The van der Waals surface area contributed by atoms with Crippen molar-refractivity contribution in [2.24, 2.45) is 0 Å². The number of ether oxygens (including phenoxy) is 1. The van der Waals surface area contributed by atoms with Crippen LogP contribution in [0.1, 0.15) is 62.3 Å². The molecule has 0 radical (unpaired) electrons. The first-order valence-corrected chi connectivity index (χ1v) is 12.3. The normalized spacial score (nSPS) is 30.8. The number of hydrogen-bond donors (Lipinski definition) is 3. The van der Waals surface area contributed by atoms with Gasteiger partial charge in [-0.3, -0.25) is 0 Å². The van der Waals surface area contributed by atoms with Gasteiger partial charge in [0, 0.05) is 24.2 Å². The minimum atomic E-state index is -4.41. The lowest BCUT2D eigenvalue weighted by Crippen LogP contribution is -2.53. The Morgan fingerprint density at radius 2 is 1.81 bits per heavy atom. The van der Waals surface area contributed by atoms with Crippen molar-refractivity contribution in [2.45, 2.75) is 82.0 Å². The Hall–Kier alpha value is -2.62. The zero-order valence-corrected chi connectivity index (χ0v) is 20.6. The number of piperidine rings is 1. The van der Waals surface area contributed by atoms with Crippen LogP contribution in [0.15, 0.2) is 42.7 Å². The molecule has 2 heterocycles. The van der Waals surface area contributed by atoms with Crippen LogP contribution in [0.2, 0.25) is 0 Å². The minimum Gasteiger partial charge on any atom is -0.492 e. The van der Waals surface area contributed by atoms with Gasteiger partial charge in [-0.25, -0.2) is 4.98 Å². The number of fused-ring (bicyclic) bond motifs is 1. The Kier molecular flexibility index (Phi) is 6.08. The van der Waals surface area contributed by atoms with Crippen molar-refractivity contribution in [3.8, 4) is 5.75 Å². The summed E-state index contributed by atoms with van der Waals surface area (Å²) in [5.41, 5.74) is 0.763. The zero-order valence-electron chi connectivity index (χ0n) is 20.6. The summed E-state index contributed by atoms with van der Waals surface area (Å²) in [6, 6.07) is 8.63. The number of aliphatic hydroxyl groups is 2. The van der Waals surface area contributed by atoms with E-state index in [0.29, 0.717) is 43.6 Å². The molecule has 9 heteroatoms. The fraction of sp³-hybridized carbons (Fsp3) is 0.519. The Balaban J connectivity index is 1.28. The Morgan fingerprint density at radius 3 is 2.44 bits per heavy atom. The van der Waals surface area contributed by atoms with Crippen molar-refractivity contribution in [2.75, 3.05) is 6.61 Å². The maximum atomic E-state index is 13.0. The van der Waals surface area contributed by atoms with E-state index in [1.165, 1.54) is 12.1 Å². The summed E-state index contributed by atoms with van der Waals surface area (Å²) in [5.74, 6) is 0.670. The fourth-order valence-electron chi connectivity index (χ4n) is 5.88. The number of benzene rings is 2. The highest BCUT2D eigenvalue weighted by Crippen LogP contribution is 2.43. The van der Waals surface area contributed by atoms with Crippen LogP contribution in [0.3, 0.4) is 0 Å². The molecule has 6 nitrogen and oxygen atoms in total. The second-order valence-corrected chi connectivity index (χ2v) is 10.9. The molecule has 1 saturated carbocycles. The monoisotopic (exact) mass is 503 g/mol. The second-order valence-electron chi connectivity index (χ2n) is 10.9. The molecule has 5 rings (SSSR count). The number of aryl methyl sites for hydroxylation is 1. The summed E-state index contributed by atoms with van der Waals surface area (Å²) in [6.45, 7) is 6.10. The van der Waals surface area contributed by atoms with Gasteiger partial charge in [-0.2, -0.15) is 13.2 Å². The van der Waals surface area contributed by atoms with Crippen LogP contribution >= 0.6 is 0 Å². The van der Waals surface area contributed by atoms with Gasteiger partial charge in [-0.1, -0.05) is 12.1 Å². The highest BCUT2D eigenvalue weighted by Gasteiger charge is 2.41. The number of halogens is 3. The molecule has 0 bridgehead atoms. The first-order valence-electron chi connectivity index (χ1n) is 12.3. The van der Waals surface area contributed by atoms with Gasteiger partial charge < -0.3 is 24.8 Å². The van der Waals surface area contributed by atoms with E-state index in [2.05, 4.69) is 14.9 Å². The van der Waals surface area contributed by atoms with Gasteiger partial charge in [0.05, 0.1) is 34.1 Å². The largest absolute Gasteiger partial charge is 0.492 e. The van der Waals surface area contributed by atoms with Gasteiger partial charge in [-0.15, -0.1) is 0 Å². The Labute approximate surface area is 208 Å². The number of rotatable bonds is 5. The van der Waals surface area contributed by atoms with Crippen LogP contribution in [0.25, 0.3) is 11.0 Å². The van der Waals surface area contributed by atoms with E-state index >= 15 is 0 Å². The third-order valence-electron chi connectivity index (χ3n) is 7.53. The lowest BCUT2D eigenvalue weighted by molar-refractivity contribution is -0.137. The molecule has 1 aliphatic heterocycles. The lowest BCUT2D eigenvalue weighted by atomic mass is 9.77. The average molecular weight is 504 g/mol. The van der Waals surface area contributed by atoms with Crippen LogP contribution in [0, 0.1) is 6.92 Å². The van der Waals surface area contributed by atoms with E-state index in [1.807, 2.05) is 39.2 Å². The van der Waals surface area contributed by atoms with Crippen molar-refractivity contribution >= 4 is 11.0 Å². The van der Waals surface area contributed by atoms with E-state index in [-0.39, 0.29) is 18.1 Å². The molecular formula is C27H32F3N3O3. The molecule has 1 aromatic heterocycles. The third kappa shape index (κ3) is 4.84. The summed E-state index contributed by atoms with van der Waals surface area (Å²) in [4.78, 5) is 4.55. The van der Waals surface area contributed by atoms with Gasteiger partial charge in [-0.05, 0) is 75.8 Å². The van der Waals surface area contributed by atoms with Crippen molar-refractivity contribution < 1.29 is 28.1 Å². The van der Waals surface area contributed by atoms with Crippen LogP contribution in [0.5, 0.6) is 5.75 Å². The maximum absolute atomic E-state index is 13.0. The summed E-state index contributed by atoms with van der Waals surface area (Å²) < 4.78 is 47.1. The Morgan fingerprint density at radius 1 is 1.11 bits per heavy atom. The van der Waals surface area contributed by atoms with E-state index in [1.54, 1.807) is 0 Å². The topological polar surface area (TPSA) is 79.5 Å². The van der Waals surface area contributed by atoms with Gasteiger partial charge in [0.15, 0.2) is 0 Å². The molecule has 0 spiro atoms. The molecule has 36 heavy (non-hydrogen) atoms.